The van der Waals surface area contributed by atoms with E-state index >= 15 is 0 Å². The second-order valence-electron chi connectivity index (χ2n) is 6.87. The third-order valence-electron chi connectivity index (χ3n) is 4.95. The Kier molecular flexibility index (Phi) is 5.14. The second kappa shape index (κ2) is 7.78. The summed E-state index contributed by atoms with van der Waals surface area (Å²) in [7, 11) is 1.49. The lowest BCUT2D eigenvalue weighted by Gasteiger charge is -2.29. The van der Waals surface area contributed by atoms with Crippen molar-refractivity contribution in [1.29, 1.82) is 0 Å². The number of hydrogen-bond donors (Lipinski definition) is 2. The summed E-state index contributed by atoms with van der Waals surface area (Å²) in [5, 5.41) is 10.0. The number of amides is 1. The average Bonchev–Trinajstić information content (AvgIpc) is 3.20. The molecule has 160 valence electrons. The third kappa shape index (κ3) is 3.83. The summed E-state index contributed by atoms with van der Waals surface area (Å²) in [5.41, 5.74) is 0.961. The molecule has 0 fully saturated rings. The zero-order valence-electron chi connectivity index (χ0n) is 16.6. The molecular weight excluding hydrogens is 411 g/mol. The second-order valence-corrected chi connectivity index (χ2v) is 6.87. The van der Waals surface area contributed by atoms with E-state index in [9.17, 15) is 18.0 Å². The number of nitrogens with one attached hydrogen (secondary N) is 2. The molecule has 0 saturated carbocycles. The molecule has 2 aromatic carbocycles. The van der Waals surface area contributed by atoms with Gasteiger partial charge in [-0.2, -0.15) is 23.3 Å². The van der Waals surface area contributed by atoms with Crippen molar-refractivity contribution in [3.8, 4) is 5.75 Å². The van der Waals surface area contributed by atoms with E-state index in [1.807, 2.05) is 0 Å². The van der Waals surface area contributed by atoms with Crippen LogP contribution in [0.15, 0.2) is 66.1 Å². The molecule has 1 aromatic heterocycles. The molecule has 2 heterocycles. The lowest BCUT2D eigenvalue weighted by Crippen LogP contribution is -2.31. The number of halogens is 3. The van der Waals surface area contributed by atoms with Crippen LogP contribution in [0.2, 0.25) is 0 Å². The van der Waals surface area contributed by atoms with Crippen molar-refractivity contribution in [1.82, 2.24) is 14.8 Å². The van der Waals surface area contributed by atoms with E-state index in [4.69, 9.17) is 4.74 Å². The smallest absolute Gasteiger partial charge is 0.416 e. The Morgan fingerprint density at radius 3 is 2.55 bits per heavy atom. The number of alkyl halides is 3. The lowest BCUT2D eigenvalue weighted by molar-refractivity contribution is -0.137. The van der Waals surface area contributed by atoms with Gasteiger partial charge in [0.15, 0.2) is 0 Å². The van der Waals surface area contributed by atoms with Crippen LogP contribution in [-0.4, -0.2) is 27.8 Å². The van der Waals surface area contributed by atoms with Gasteiger partial charge in [0.25, 0.3) is 5.91 Å². The van der Waals surface area contributed by atoms with Crippen LogP contribution in [0, 0.1) is 0 Å². The van der Waals surface area contributed by atoms with Gasteiger partial charge in [0.05, 0.1) is 23.9 Å². The van der Waals surface area contributed by atoms with Gasteiger partial charge < -0.3 is 15.4 Å². The summed E-state index contributed by atoms with van der Waals surface area (Å²) in [6, 6.07) is 10.8. The molecule has 0 unspecified atom stereocenters. The van der Waals surface area contributed by atoms with Crippen molar-refractivity contribution in [3.63, 3.8) is 0 Å². The summed E-state index contributed by atoms with van der Waals surface area (Å²) in [5.74, 6) is 0.419. The maximum absolute atomic E-state index is 13.3. The maximum atomic E-state index is 13.3. The first-order valence-electron chi connectivity index (χ1n) is 9.28. The van der Waals surface area contributed by atoms with Gasteiger partial charge in [-0.25, -0.2) is 4.68 Å². The van der Waals surface area contributed by atoms with E-state index in [2.05, 4.69) is 20.7 Å². The fraction of sp³-hybridized carbons (Fsp3) is 0.190. The Labute approximate surface area is 175 Å². The first kappa shape index (κ1) is 20.5. The highest BCUT2D eigenvalue weighted by Crippen LogP contribution is 2.37. The Morgan fingerprint density at radius 2 is 1.87 bits per heavy atom. The number of aromatic nitrogens is 3. The molecule has 1 aliphatic rings. The Balaban J connectivity index is 1.75. The van der Waals surface area contributed by atoms with Crippen molar-refractivity contribution in [3.05, 3.63) is 77.3 Å². The first-order valence-corrected chi connectivity index (χ1v) is 9.28. The molecule has 0 saturated heterocycles. The predicted molar refractivity (Wildman–Crippen MR) is 108 cm³/mol. The zero-order valence-corrected chi connectivity index (χ0v) is 16.6. The Morgan fingerprint density at radius 1 is 1.16 bits per heavy atom. The number of nitrogens with zero attached hydrogens (tertiary/aromatic N) is 3. The topological polar surface area (TPSA) is 81.1 Å². The molecule has 7 nitrogen and oxygen atoms in total. The minimum Gasteiger partial charge on any atom is -0.495 e. The highest BCUT2D eigenvalue weighted by Gasteiger charge is 2.35. The molecule has 1 aliphatic heterocycles. The van der Waals surface area contributed by atoms with Crippen LogP contribution in [0.5, 0.6) is 5.75 Å². The van der Waals surface area contributed by atoms with E-state index < -0.39 is 23.7 Å². The van der Waals surface area contributed by atoms with Crippen LogP contribution in [0.1, 0.15) is 24.1 Å². The van der Waals surface area contributed by atoms with Gasteiger partial charge >= 0.3 is 6.18 Å². The Hall–Kier alpha value is -3.82. The van der Waals surface area contributed by atoms with Gasteiger partial charge in [-0.15, -0.1) is 0 Å². The summed E-state index contributed by atoms with van der Waals surface area (Å²) >= 11 is 0. The van der Waals surface area contributed by atoms with Crippen LogP contribution < -0.4 is 15.4 Å². The van der Waals surface area contributed by atoms with Crippen LogP contribution >= 0.6 is 0 Å². The van der Waals surface area contributed by atoms with E-state index in [1.54, 1.807) is 31.2 Å². The number of carbonyl (C=O) groups is 1. The number of para-hydroxylation sites is 2. The van der Waals surface area contributed by atoms with Crippen molar-refractivity contribution in [2.24, 2.45) is 0 Å². The van der Waals surface area contributed by atoms with E-state index in [0.717, 1.165) is 12.1 Å². The number of anilines is 2. The molecule has 2 N–H and O–H groups in total. The molecule has 0 spiro atoms. The summed E-state index contributed by atoms with van der Waals surface area (Å²) in [4.78, 5) is 17.4. The quantitative estimate of drug-likeness (QED) is 0.649. The Bertz CT molecular complexity index is 1150. The summed E-state index contributed by atoms with van der Waals surface area (Å²) < 4.78 is 45.8. The molecule has 1 amide bonds. The van der Waals surface area contributed by atoms with Gasteiger partial charge in [0.1, 0.15) is 18.1 Å². The van der Waals surface area contributed by atoms with Gasteiger partial charge in [0.2, 0.25) is 5.95 Å². The van der Waals surface area contributed by atoms with Crippen molar-refractivity contribution >= 4 is 17.5 Å². The molecule has 0 aliphatic carbocycles. The van der Waals surface area contributed by atoms with Gasteiger partial charge in [0, 0.05) is 5.70 Å². The van der Waals surface area contributed by atoms with Crippen LogP contribution in [0.4, 0.5) is 24.8 Å². The van der Waals surface area contributed by atoms with E-state index in [1.165, 1.54) is 30.3 Å². The highest BCUT2D eigenvalue weighted by molar-refractivity contribution is 6.06. The zero-order chi connectivity index (χ0) is 22.2. The number of carbonyl (C=O) groups excluding carboxylic acids is 1. The number of ether oxygens (including phenoxy) is 1. The fourth-order valence-corrected chi connectivity index (χ4v) is 3.49. The van der Waals surface area contributed by atoms with Crippen LogP contribution in [0.25, 0.3) is 0 Å². The summed E-state index contributed by atoms with van der Waals surface area (Å²) in [6.07, 6.45) is -3.14. The summed E-state index contributed by atoms with van der Waals surface area (Å²) in [6.45, 7) is 1.70. The first-order chi connectivity index (χ1) is 14.8. The molecular formula is C21H18F3N5O2. The van der Waals surface area contributed by atoms with Crippen molar-refractivity contribution in [2.45, 2.75) is 19.1 Å². The van der Waals surface area contributed by atoms with Crippen LogP contribution in [-0.2, 0) is 11.0 Å². The van der Waals surface area contributed by atoms with E-state index in [0.29, 0.717) is 34.2 Å². The van der Waals surface area contributed by atoms with Crippen molar-refractivity contribution in [2.75, 3.05) is 17.7 Å². The molecule has 4 rings (SSSR count). The van der Waals surface area contributed by atoms with Crippen LogP contribution in [0.3, 0.4) is 0 Å². The predicted octanol–water partition coefficient (Wildman–Crippen LogP) is 4.23. The number of allylic oxidation sites excluding steroid dienone is 1. The lowest BCUT2D eigenvalue weighted by atomic mass is 9.94. The van der Waals surface area contributed by atoms with Gasteiger partial charge in [-0.3, -0.25) is 4.79 Å². The number of fused-ring (bicyclic) bond motifs is 1. The minimum atomic E-state index is -4.46. The molecule has 31 heavy (non-hydrogen) atoms. The largest absolute Gasteiger partial charge is 0.495 e. The van der Waals surface area contributed by atoms with Gasteiger partial charge in [-0.1, -0.05) is 24.3 Å². The number of rotatable bonds is 4. The number of methoxy groups -OCH3 is 1. The SMILES string of the molecule is COc1ccccc1NC(=O)C1=C(C)Nc2ncnn2[C@@H]1c1ccc(C(F)(F)F)cc1. The molecule has 3 aromatic rings. The average molecular weight is 429 g/mol. The normalized spacial score (nSPS) is 15.8. The number of benzene rings is 2. The highest BCUT2D eigenvalue weighted by atomic mass is 19.4. The van der Waals surface area contributed by atoms with Crippen molar-refractivity contribution < 1.29 is 22.7 Å². The molecule has 10 heteroatoms. The molecule has 0 bridgehead atoms. The molecule has 1 atom stereocenters. The van der Waals surface area contributed by atoms with E-state index in [-0.39, 0.29) is 0 Å². The monoisotopic (exact) mass is 429 g/mol. The number of hydrogen-bond acceptors (Lipinski definition) is 5. The fourth-order valence-electron chi connectivity index (χ4n) is 3.49. The standard InChI is InChI=1S/C21H18F3N5O2/c1-12-17(19(30)28-15-5-3-4-6-16(15)31-2)18(29-20(27-12)25-11-26-29)13-7-9-14(10-8-13)21(22,23)24/h3-11,18H,1-2H3,(H,28,30)(H,25,26,27)/t18-/m1/s1. The molecule has 0 radical (unpaired) electrons. The maximum Gasteiger partial charge on any atom is 0.416 e. The minimum absolute atomic E-state index is 0.295. The third-order valence-corrected chi connectivity index (χ3v) is 4.95. The van der Waals surface area contributed by atoms with Gasteiger partial charge in [-0.05, 0) is 36.8 Å².